The summed E-state index contributed by atoms with van der Waals surface area (Å²) in [5, 5.41) is 20.3. The summed E-state index contributed by atoms with van der Waals surface area (Å²) in [6, 6.07) is 0. The summed E-state index contributed by atoms with van der Waals surface area (Å²) < 4.78 is 6.45. The second-order valence-electron chi connectivity index (χ2n) is 11.9. The first-order chi connectivity index (χ1) is 15.3. The first-order valence-electron chi connectivity index (χ1n) is 12.2. The van der Waals surface area contributed by atoms with Crippen LogP contribution in [-0.2, 0) is 14.0 Å². The number of aliphatic carboxylic acids is 1. The van der Waals surface area contributed by atoms with Gasteiger partial charge in [-0.3, -0.25) is 9.59 Å². The van der Waals surface area contributed by atoms with E-state index >= 15 is 0 Å². The third kappa shape index (κ3) is 4.10. The molecule has 0 aromatic heterocycles. The average molecular weight is 471 g/mol. The van der Waals surface area contributed by atoms with Crippen molar-refractivity contribution < 1.29 is 24.2 Å². The number of aliphatic hydroxyl groups excluding tert-OH is 1. The highest BCUT2D eigenvalue weighted by Crippen LogP contribution is 2.65. The van der Waals surface area contributed by atoms with Gasteiger partial charge < -0.3 is 14.6 Å². The van der Waals surface area contributed by atoms with Gasteiger partial charge in [0.2, 0.25) is 8.32 Å². The Bertz CT molecular complexity index is 996. The molecule has 6 atom stereocenters. The number of fused-ring (bicyclic) bond motifs is 5. The number of carbonyl (C=O) groups excluding carboxylic acids is 1. The van der Waals surface area contributed by atoms with E-state index in [0.29, 0.717) is 17.6 Å². The van der Waals surface area contributed by atoms with Crippen LogP contribution in [0.5, 0.6) is 0 Å². The minimum Gasteiger partial charge on any atom is -0.545 e. The van der Waals surface area contributed by atoms with Crippen LogP contribution in [0, 0.1) is 28.6 Å². The number of allylic oxidation sites excluding steroid dienone is 7. The van der Waals surface area contributed by atoms with Crippen molar-refractivity contribution >= 4 is 20.1 Å². The number of hydrogen-bond donors (Lipinski definition) is 2. The third-order valence-corrected chi connectivity index (χ3v) is 9.24. The van der Waals surface area contributed by atoms with Crippen LogP contribution in [0.3, 0.4) is 0 Å². The Morgan fingerprint density at radius 3 is 2.64 bits per heavy atom. The average Bonchev–Trinajstić information content (AvgIpc) is 2.95. The van der Waals surface area contributed by atoms with E-state index in [0.717, 1.165) is 31.3 Å². The van der Waals surface area contributed by atoms with Crippen LogP contribution in [0.25, 0.3) is 0 Å². The Morgan fingerprint density at radius 1 is 1.30 bits per heavy atom. The van der Waals surface area contributed by atoms with Crippen molar-refractivity contribution in [3.05, 3.63) is 46.8 Å². The van der Waals surface area contributed by atoms with Crippen LogP contribution in [0.4, 0.5) is 0 Å². The van der Waals surface area contributed by atoms with Crippen LogP contribution >= 0.6 is 0 Å². The SMILES string of the molecule is C[C@H]1C[C@H]2[C@@H]3CCC4=CC(=O)C=C[C@]4(C)C3=CC[C@]2(C)C1=C(O[Si](C)(C)C)C(O)CC(=O)O. The van der Waals surface area contributed by atoms with Gasteiger partial charge in [-0.2, -0.15) is 0 Å². The summed E-state index contributed by atoms with van der Waals surface area (Å²) in [5.41, 5.74) is 3.42. The number of aliphatic hydroxyl groups is 1. The third-order valence-electron chi connectivity index (χ3n) is 8.41. The van der Waals surface area contributed by atoms with E-state index in [1.54, 1.807) is 6.08 Å². The fourth-order valence-electron chi connectivity index (χ4n) is 7.10. The largest absolute Gasteiger partial charge is 0.545 e. The Balaban J connectivity index is 1.80. The minimum absolute atomic E-state index is 0.0856. The summed E-state index contributed by atoms with van der Waals surface area (Å²) in [4.78, 5) is 23.5. The van der Waals surface area contributed by atoms with Crippen LogP contribution in [0.1, 0.15) is 52.9 Å². The molecule has 5 nitrogen and oxygen atoms in total. The summed E-state index contributed by atoms with van der Waals surface area (Å²) >= 11 is 0. The van der Waals surface area contributed by atoms with Gasteiger partial charge in [-0.15, -0.1) is 0 Å². The molecule has 6 heteroatoms. The summed E-state index contributed by atoms with van der Waals surface area (Å²) in [6.45, 7) is 13.0. The topological polar surface area (TPSA) is 83.8 Å². The lowest BCUT2D eigenvalue weighted by Gasteiger charge is -2.51. The Labute approximate surface area is 198 Å². The lowest BCUT2D eigenvalue weighted by atomic mass is 9.53. The van der Waals surface area contributed by atoms with E-state index in [1.165, 1.54) is 11.1 Å². The smallest absolute Gasteiger partial charge is 0.306 e. The monoisotopic (exact) mass is 470 g/mol. The molecule has 0 aromatic carbocycles. The first kappa shape index (κ1) is 24.2. The Hall–Kier alpha value is -1.92. The van der Waals surface area contributed by atoms with Gasteiger partial charge in [-0.1, -0.05) is 37.1 Å². The van der Waals surface area contributed by atoms with Gasteiger partial charge in [0, 0.05) is 5.41 Å². The lowest BCUT2D eigenvalue weighted by Crippen LogP contribution is -2.43. The molecule has 4 rings (SSSR count). The molecule has 0 saturated heterocycles. The van der Waals surface area contributed by atoms with E-state index in [-0.39, 0.29) is 29.0 Å². The molecule has 0 spiro atoms. The molecule has 0 bridgehead atoms. The minimum atomic E-state index is -2.07. The van der Waals surface area contributed by atoms with Gasteiger partial charge in [0.1, 0.15) is 11.9 Å². The molecule has 2 saturated carbocycles. The van der Waals surface area contributed by atoms with Gasteiger partial charge in [-0.25, -0.2) is 0 Å². The molecule has 0 amide bonds. The van der Waals surface area contributed by atoms with Crippen molar-refractivity contribution in [2.75, 3.05) is 0 Å². The summed E-state index contributed by atoms with van der Waals surface area (Å²) in [7, 11) is -2.07. The normalized spacial score (nSPS) is 37.9. The highest BCUT2D eigenvalue weighted by atomic mass is 28.4. The van der Waals surface area contributed by atoms with Crippen molar-refractivity contribution in [2.24, 2.45) is 28.6 Å². The second kappa shape index (κ2) is 8.09. The van der Waals surface area contributed by atoms with Gasteiger partial charge in [0.25, 0.3) is 0 Å². The maximum Gasteiger partial charge on any atom is 0.306 e. The van der Waals surface area contributed by atoms with E-state index in [1.807, 2.05) is 6.08 Å². The molecular weight excluding hydrogens is 432 g/mol. The molecule has 0 aromatic rings. The molecule has 4 aliphatic carbocycles. The quantitative estimate of drug-likeness (QED) is 0.319. The highest BCUT2D eigenvalue weighted by Gasteiger charge is 2.57. The second-order valence-corrected chi connectivity index (χ2v) is 16.3. The Kier molecular flexibility index (Phi) is 5.93. The summed E-state index contributed by atoms with van der Waals surface area (Å²) in [6.07, 6.45) is 10.3. The van der Waals surface area contributed by atoms with Crippen molar-refractivity contribution in [2.45, 2.75) is 78.6 Å². The van der Waals surface area contributed by atoms with Gasteiger partial charge in [0.05, 0.1) is 6.42 Å². The number of ketones is 1. The molecule has 2 fully saturated rings. The van der Waals surface area contributed by atoms with Crippen LogP contribution < -0.4 is 0 Å². The van der Waals surface area contributed by atoms with Crippen molar-refractivity contribution in [1.82, 2.24) is 0 Å². The van der Waals surface area contributed by atoms with Crippen molar-refractivity contribution in [3.8, 4) is 0 Å². The molecule has 0 aliphatic heterocycles. The molecule has 0 heterocycles. The zero-order chi connectivity index (χ0) is 24.3. The zero-order valence-electron chi connectivity index (χ0n) is 20.8. The van der Waals surface area contributed by atoms with E-state index in [9.17, 15) is 19.8 Å². The molecule has 1 unspecified atom stereocenters. The molecule has 0 radical (unpaired) electrons. The van der Waals surface area contributed by atoms with Crippen LogP contribution in [0.2, 0.25) is 19.6 Å². The maximum absolute atomic E-state index is 12.0. The van der Waals surface area contributed by atoms with E-state index < -0.39 is 20.4 Å². The molecular formula is C27H38O5Si. The molecule has 180 valence electrons. The highest BCUT2D eigenvalue weighted by molar-refractivity contribution is 6.70. The zero-order valence-corrected chi connectivity index (χ0v) is 21.8. The van der Waals surface area contributed by atoms with Gasteiger partial charge in [0.15, 0.2) is 5.78 Å². The molecule has 2 N–H and O–H groups in total. The lowest BCUT2D eigenvalue weighted by molar-refractivity contribution is -0.139. The fraction of sp³-hybridized carbons (Fsp3) is 0.630. The van der Waals surface area contributed by atoms with E-state index in [2.05, 4.69) is 52.6 Å². The number of carbonyl (C=O) groups is 2. The standard InChI is InChI=1S/C27H38O5Si/c1-16-13-21-19-8-7-17-14-18(28)9-11-26(17,2)20(19)10-12-27(21,3)24(16)25(32-33(4,5)6)22(29)15-23(30)31/h9-11,14,16,19,21-22,29H,7-8,12-13,15H2,1-6H3,(H,30,31)/t16-,19+,21-,22?,26-,27-/m0/s1. The predicted molar refractivity (Wildman–Crippen MR) is 131 cm³/mol. The van der Waals surface area contributed by atoms with Gasteiger partial charge in [-0.05, 0) is 93.1 Å². The van der Waals surface area contributed by atoms with Crippen LogP contribution in [-0.4, -0.2) is 36.4 Å². The van der Waals surface area contributed by atoms with Crippen molar-refractivity contribution in [1.29, 1.82) is 0 Å². The number of rotatable bonds is 5. The van der Waals surface area contributed by atoms with E-state index in [4.69, 9.17) is 4.43 Å². The fourth-order valence-corrected chi connectivity index (χ4v) is 8.01. The first-order valence-corrected chi connectivity index (χ1v) is 15.7. The van der Waals surface area contributed by atoms with Gasteiger partial charge >= 0.3 is 5.97 Å². The summed E-state index contributed by atoms with van der Waals surface area (Å²) in [5.74, 6) is 0.628. The maximum atomic E-state index is 12.0. The van der Waals surface area contributed by atoms with Crippen LogP contribution in [0.15, 0.2) is 46.8 Å². The molecule has 4 aliphatic rings. The predicted octanol–water partition coefficient (Wildman–Crippen LogP) is 5.40. The number of hydrogen-bond acceptors (Lipinski definition) is 4. The molecule has 33 heavy (non-hydrogen) atoms. The number of carboxylic acids is 1. The Morgan fingerprint density at radius 2 is 2.00 bits per heavy atom. The van der Waals surface area contributed by atoms with Crippen molar-refractivity contribution in [3.63, 3.8) is 0 Å². The number of carboxylic acid groups (broad SMARTS) is 1.